The lowest BCUT2D eigenvalue weighted by atomic mass is 10.2. The molecule has 1 N–H and O–H groups in total. The summed E-state index contributed by atoms with van der Waals surface area (Å²) < 4.78 is 2.38. The van der Waals surface area contributed by atoms with Gasteiger partial charge in [0.15, 0.2) is 0 Å². The van der Waals surface area contributed by atoms with Gasteiger partial charge in [-0.1, -0.05) is 12.1 Å². The fourth-order valence-corrected chi connectivity index (χ4v) is 3.31. The van der Waals surface area contributed by atoms with Gasteiger partial charge in [-0.3, -0.25) is 0 Å². The molecule has 2 nitrogen and oxygen atoms in total. The van der Waals surface area contributed by atoms with Crippen LogP contribution in [0, 0.1) is 3.57 Å². The van der Waals surface area contributed by atoms with E-state index in [1.54, 1.807) is 0 Å². The van der Waals surface area contributed by atoms with E-state index in [-0.39, 0.29) is 0 Å². The zero-order valence-electron chi connectivity index (χ0n) is 9.53. The van der Waals surface area contributed by atoms with Crippen LogP contribution in [0.1, 0.15) is 18.4 Å². The molecule has 0 aromatic heterocycles. The van der Waals surface area contributed by atoms with Gasteiger partial charge < -0.3 is 9.59 Å². The molecule has 0 spiro atoms. The van der Waals surface area contributed by atoms with E-state index in [2.05, 4.69) is 46.9 Å². The third-order valence-electron chi connectivity index (χ3n) is 3.50. The van der Waals surface area contributed by atoms with E-state index < -0.39 is 0 Å². The molecule has 0 radical (unpaired) electrons. The fourth-order valence-electron chi connectivity index (χ4n) is 2.70. The molecule has 0 atom stereocenters. The maximum atomic E-state index is 9.21. The summed E-state index contributed by atoms with van der Waals surface area (Å²) in [5, 5.41) is 9.21. The van der Waals surface area contributed by atoms with Gasteiger partial charge in [-0.15, -0.1) is 0 Å². The Morgan fingerprint density at radius 1 is 1.25 bits per heavy atom. The van der Waals surface area contributed by atoms with Crippen molar-refractivity contribution in [2.45, 2.75) is 19.4 Å². The van der Waals surface area contributed by atoms with Crippen LogP contribution >= 0.6 is 22.6 Å². The molecule has 1 heterocycles. The predicted octanol–water partition coefficient (Wildman–Crippen LogP) is 2.39. The molecule has 1 aromatic rings. The fraction of sp³-hybridized carbons (Fsp3) is 0.538. The van der Waals surface area contributed by atoms with E-state index in [1.165, 1.54) is 35.1 Å². The summed E-state index contributed by atoms with van der Waals surface area (Å²) in [6, 6.07) is 8.72. The summed E-state index contributed by atoms with van der Waals surface area (Å²) in [4.78, 5) is 0. The SMILES string of the molecule is OCC[N+]1(Cc2cccc([123I])c2)CCCC1. The minimum atomic E-state index is 0.309. The topological polar surface area (TPSA) is 20.2 Å². The molecule has 0 unspecified atom stereocenters. The zero-order valence-corrected chi connectivity index (χ0v) is 11.7. The van der Waals surface area contributed by atoms with Crippen molar-refractivity contribution < 1.29 is 9.59 Å². The van der Waals surface area contributed by atoms with Crippen LogP contribution in [0.2, 0.25) is 0 Å². The summed E-state index contributed by atoms with van der Waals surface area (Å²) >= 11 is 2.36. The quantitative estimate of drug-likeness (QED) is 0.665. The summed E-state index contributed by atoms with van der Waals surface area (Å²) in [5.74, 6) is 0. The highest BCUT2D eigenvalue weighted by Gasteiger charge is 2.31. The number of likely N-dealkylation sites (tertiary alicyclic amines) is 1. The molecule has 1 aliphatic heterocycles. The van der Waals surface area contributed by atoms with Crippen LogP contribution in [0.4, 0.5) is 0 Å². The number of halogens is 1. The van der Waals surface area contributed by atoms with E-state index in [1.807, 2.05) is 0 Å². The molecule has 88 valence electrons. The molecule has 1 aliphatic rings. The van der Waals surface area contributed by atoms with Gasteiger partial charge in [0.1, 0.15) is 13.1 Å². The highest BCUT2D eigenvalue weighted by molar-refractivity contribution is 14.1. The molecule has 16 heavy (non-hydrogen) atoms. The van der Waals surface area contributed by atoms with Gasteiger partial charge in [0.2, 0.25) is 0 Å². The average molecular weight is 328 g/mol. The predicted molar refractivity (Wildman–Crippen MR) is 74.0 cm³/mol. The molecule has 0 aliphatic carbocycles. The van der Waals surface area contributed by atoms with Crippen molar-refractivity contribution in [1.82, 2.24) is 0 Å². The van der Waals surface area contributed by atoms with Crippen LogP contribution < -0.4 is 0 Å². The first kappa shape index (κ1) is 12.3. The van der Waals surface area contributed by atoms with Crippen LogP contribution in [0.3, 0.4) is 0 Å². The Balaban J connectivity index is 2.11. The first-order valence-electron chi connectivity index (χ1n) is 5.95. The average Bonchev–Trinajstić information content (AvgIpc) is 2.67. The Kier molecular flexibility index (Phi) is 4.21. The minimum absolute atomic E-state index is 0.309. The van der Waals surface area contributed by atoms with Gasteiger partial charge in [0.05, 0.1) is 19.7 Å². The maximum absolute atomic E-state index is 9.21. The van der Waals surface area contributed by atoms with E-state index >= 15 is 0 Å². The molecule has 0 bridgehead atoms. The number of aliphatic hydroxyl groups excluding tert-OH is 1. The van der Waals surface area contributed by atoms with Gasteiger partial charge >= 0.3 is 0 Å². The number of quaternary nitrogens is 1. The molecule has 1 saturated heterocycles. The number of rotatable bonds is 4. The molecule has 2 rings (SSSR count). The Bertz CT molecular complexity index is 348. The van der Waals surface area contributed by atoms with Crippen LogP contribution in [0.5, 0.6) is 0 Å². The normalized spacial score (nSPS) is 18.9. The zero-order chi connectivity index (χ0) is 11.4. The maximum Gasteiger partial charge on any atom is 0.104 e. The second-order valence-electron chi connectivity index (χ2n) is 4.73. The number of hydrogen-bond acceptors (Lipinski definition) is 1. The highest BCUT2D eigenvalue weighted by Crippen LogP contribution is 2.23. The lowest BCUT2D eigenvalue weighted by Crippen LogP contribution is -2.46. The Morgan fingerprint density at radius 3 is 2.62 bits per heavy atom. The lowest BCUT2D eigenvalue weighted by Gasteiger charge is -2.33. The van der Waals surface area contributed by atoms with Crippen molar-refractivity contribution in [3.63, 3.8) is 0 Å². The smallest absolute Gasteiger partial charge is 0.104 e. The van der Waals surface area contributed by atoms with Crippen LogP contribution in [0.15, 0.2) is 24.3 Å². The van der Waals surface area contributed by atoms with Gasteiger partial charge in [-0.05, 0) is 34.7 Å². The number of nitrogens with zero attached hydrogens (tertiary/aromatic N) is 1. The summed E-state index contributed by atoms with van der Waals surface area (Å²) in [6.07, 6.45) is 2.62. The monoisotopic (exact) mass is 328 g/mol. The van der Waals surface area contributed by atoms with Gasteiger partial charge in [-0.25, -0.2) is 0 Å². The molecule has 3 heteroatoms. The summed E-state index contributed by atoms with van der Waals surface area (Å²) in [7, 11) is 0. The van der Waals surface area contributed by atoms with Gasteiger partial charge in [0.25, 0.3) is 0 Å². The van der Waals surface area contributed by atoms with Crippen LogP contribution in [-0.4, -0.2) is 35.8 Å². The van der Waals surface area contributed by atoms with Crippen LogP contribution in [-0.2, 0) is 6.54 Å². The van der Waals surface area contributed by atoms with Crippen molar-refractivity contribution >= 4 is 22.6 Å². The van der Waals surface area contributed by atoms with Crippen molar-refractivity contribution in [2.75, 3.05) is 26.2 Å². The highest BCUT2D eigenvalue weighted by atomic mass is 123. The molecule has 1 fully saturated rings. The van der Waals surface area contributed by atoms with Crippen molar-refractivity contribution in [1.29, 1.82) is 0 Å². The second-order valence-corrected chi connectivity index (χ2v) is 5.98. The number of hydrogen-bond donors (Lipinski definition) is 1. The molecular formula is C13H19INO+. The molecule has 0 saturated carbocycles. The largest absolute Gasteiger partial charge is 0.391 e. The first-order valence-corrected chi connectivity index (χ1v) is 7.02. The third-order valence-corrected chi connectivity index (χ3v) is 4.17. The molecule has 0 amide bonds. The van der Waals surface area contributed by atoms with Gasteiger partial charge in [-0.2, -0.15) is 0 Å². The first-order chi connectivity index (χ1) is 7.74. The number of benzene rings is 1. The summed E-state index contributed by atoms with van der Waals surface area (Å²) in [5.41, 5.74) is 1.40. The van der Waals surface area contributed by atoms with E-state index in [0.29, 0.717) is 6.61 Å². The molecule has 1 aromatic carbocycles. The van der Waals surface area contributed by atoms with E-state index in [9.17, 15) is 5.11 Å². The Hall–Kier alpha value is -0.130. The Labute approximate surface area is 111 Å². The standard InChI is InChI=1S/C13H19INO/c14-13-5-3-4-12(10-13)11-15(8-9-16)6-1-2-7-15/h3-5,10,16H,1-2,6-9,11H2/q+1/i14-4. The summed E-state index contributed by atoms with van der Waals surface area (Å²) in [6.45, 7) is 4.75. The Morgan fingerprint density at radius 2 is 2.00 bits per heavy atom. The second kappa shape index (κ2) is 5.47. The van der Waals surface area contributed by atoms with E-state index in [0.717, 1.165) is 17.6 Å². The van der Waals surface area contributed by atoms with Crippen molar-refractivity contribution in [3.8, 4) is 0 Å². The lowest BCUT2D eigenvalue weighted by molar-refractivity contribution is -0.930. The van der Waals surface area contributed by atoms with Crippen molar-refractivity contribution in [2.24, 2.45) is 0 Å². The molecular weight excluding hydrogens is 309 g/mol. The third kappa shape index (κ3) is 2.96. The number of aliphatic hydroxyl groups is 1. The van der Waals surface area contributed by atoms with E-state index in [4.69, 9.17) is 0 Å². The van der Waals surface area contributed by atoms with Crippen LogP contribution in [0.25, 0.3) is 0 Å². The van der Waals surface area contributed by atoms with Crippen molar-refractivity contribution in [3.05, 3.63) is 33.4 Å². The minimum Gasteiger partial charge on any atom is -0.391 e. The van der Waals surface area contributed by atoms with Gasteiger partial charge in [0, 0.05) is 22.0 Å².